The van der Waals surface area contributed by atoms with Crippen molar-refractivity contribution in [2.45, 2.75) is 6.92 Å². The number of aromatic hydroxyl groups is 1. The number of phenolic OH excluding ortho intramolecular Hbond substituents is 1. The van der Waals surface area contributed by atoms with E-state index in [1.165, 1.54) is 13.2 Å². The number of halogens is 1. The highest BCUT2D eigenvalue weighted by Crippen LogP contribution is 2.23. The lowest BCUT2D eigenvalue weighted by molar-refractivity contribution is -0.123. The van der Waals surface area contributed by atoms with Crippen LogP contribution in [0, 0.1) is 0 Å². The number of nitrogens with one attached hydrogen (secondary N) is 1. The first-order valence-electron chi connectivity index (χ1n) is 7.08. The predicted molar refractivity (Wildman–Crippen MR) is 94.6 cm³/mol. The summed E-state index contributed by atoms with van der Waals surface area (Å²) in [5.74, 6) is 0.806. The number of phenols is 1. The molecule has 0 spiro atoms. The largest absolute Gasteiger partial charge is 0.507 e. The molecule has 0 bridgehead atoms. The van der Waals surface area contributed by atoms with Crippen LogP contribution in [-0.2, 0) is 4.79 Å². The summed E-state index contributed by atoms with van der Waals surface area (Å²) in [7, 11) is 1.53. The standard InChI is InChI=1S/C17H17BrN2O4/c1-11(15-9-13(23-2)6-7-16(15)21)19-20-17(22)10-24-14-5-3-4-12(18)8-14/h3-9,21H,10H2,1-2H3,(H,20,22)/b19-11+. The van der Waals surface area contributed by atoms with Crippen LogP contribution in [0.3, 0.4) is 0 Å². The van der Waals surface area contributed by atoms with Gasteiger partial charge in [0.1, 0.15) is 17.2 Å². The van der Waals surface area contributed by atoms with E-state index in [0.29, 0.717) is 22.8 Å². The highest BCUT2D eigenvalue weighted by Gasteiger charge is 2.08. The lowest BCUT2D eigenvalue weighted by Crippen LogP contribution is -2.25. The zero-order valence-electron chi connectivity index (χ0n) is 13.2. The van der Waals surface area contributed by atoms with Crippen molar-refractivity contribution < 1.29 is 19.4 Å². The van der Waals surface area contributed by atoms with Crippen LogP contribution in [0.5, 0.6) is 17.2 Å². The molecule has 0 atom stereocenters. The Morgan fingerprint density at radius 3 is 2.75 bits per heavy atom. The van der Waals surface area contributed by atoms with E-state index in [-0.39, 0.29) is 12.4 Å². The third-order valence-corrected chi connectivity index (χ3v) is 3.60. The zero-order chi connectivity index (χ0) is 17.5. The first kappa shape index (κ1) is 17.8. The van der Waals surface area contributed by atoms with E-state index in [9.17, 15) is 9.90 Å². The van der Waals surface area contributed by atoms with Gasteiger partial charge in [-0.25, -0.2) is 5.43 Å². The third kappa shape index (κ3) is 4.99. The van der Waals surface area contributed by atoms with E-state index in [4.69, 9.17) is 9.47 Å². The SMILES string of the molecule is COc1ccc(O)c(/C(C)=N/NC(=O)COc2cccc(Br)c2)c1. The van der Waals surface area contributed by atoms with Crippen molar-refractivity contribution in [3.05, 3.63) is 52.5 Å². The molecule has 0 radical (unpaired) electrons. The number of methoxy groups -OCH3 is 1. The van der Waals surface area contributed by atoms with Gasteiger partial charge in [-0.05, 0) is 43.3 Å². The molecule has 2 rings (SSSR count). The number of hydrogen-bond acceptors (Lipinski definition) is 5. The molecule has 1 amide bonds. The normalized spacial score (nSPS) is 11.0. The number of carbonyl (C=O) groups excluding carboxylic acids is 1. The quantitative estimate of drug-likeness (QED) is 0.584. The Balaban J connectivity index is 1.95. The van der Waals surface area contributed by atoms with Crippen molar-refractivity contribution in [1.82, 2.24) is 5.43 Å². The van der Waals surface area contributed by atoms with E-state index in [1.54, 1.807) is 31.2 Å². The minimum absolute atomic E-state index is 0.0525. The molecule has 2 aromatic carbocycles. The van der Waals surface area contributed by atoms with Gasteiger partial charge in [-0.15, -0.1) is 0 Å². The molecule has 2 aromatic rings. The lowest BCUT2D eigenvalue weighted by atomic mass is 10.1. The topological polar surface area (TPSA) is 80.2 Å². The first-order valence-corrected chi connectivity index (χ1v) is 7.88. The van der Waals surface area contributed by atoms with Crippen molar-refractivity contribution >= 4 is 27.5 Å². The average Bonchev–Trinajstić information content (AvgIpc) is 2.58. The molecule has 24 heavy (non-hydrogen) atoms. The molecule has 7 heteroatoms. The highest BCUT2D eigenvalue weighted by atomic mass is 79.9. The maximum atomic E-state index is 11.8. The second-order valence-electron chi connectivity index (χ2n) is 4.86. The van der Waals surface area contributed by atoms with E-state index in [1.807, 2.05) is 12.1 Å². The van der Waals surface area contributed by atoms with Crippen LogP contribution in [0.25, 0.3) is 0 Å². The van der Waals surface area contributed by atoms with Crippen LogP contribution in [0.2, 0.25) is 0 Å². The van der Waals surface area contributed by atoms with Gasteiger partial charge < -0.3 is 14.6 Å². The molecule has 0 saturated heterocycles. The summed E-state index contributed by atoms with van der Waals surface area (Å²) >= 11 is 3.33. The molecule has 0 fully saturated rings. The minimum atomic E-state index is -0.406. The van der Waals surface area contributed by atoms with Crippen LogP contribution in [0.1, 0.15) is 12.5 Å². The first-order chi connectivity index (χ1) is 11.5. The van der Waals surface area contributed by atoms with Gasteiger partial charge in [0, 0.05) is 10.0 Å². The van der Waals surface area contributed by atoms with Crippen LogP contribution < -0.4 is 14.9 Å². The van der Waals surface area contributed by atoms with Crippen LogP contribution >= 0.6 is 15.9 Å². The highest BCUT2D eigenvalue weighted by molar-refractivity contribution is 9.10. The molecule has 2 N–H and O–H groups in total. The van der Waals surface area contributed by atoms with Gasteiger partial charge >= 0.3 is 0 Å². The van der Waals surface area contributed by atoms with Crippen LogP contribution in [0.4, 0.5) is 0 Å². The van der Waals surface area contributed by atoms with E-state index in [0.717, 1.165) is 4.47 Å². The Morgan fingerprint density at radius 2 is 2.04 bits per heavy atom. The second kappa shape index (κ2) is 8.35. The number of benzene rings is 2. The summed E-state index contributed by atoms with van der Waals surface area (Å²) in [5.41, 5.74) is 3.31. The molecule has 0 aliphatic rings. The summed E-state index contributed by atoms with van der Waals surface area (Å²) in [6, 6.07) is 12.0. The van der Waals surface area contributed by atoms with E-state index in [2.05, 4.69) is 26.5 Å². The number of amides is 1. The van der Waals surface area contributed by atoms with Gasteiger partial charge in [-0.1, -0.05) is 22.0 Å². The van der Waals surface area contributed by atoms with Gasteiger partial charge in [0.2, 0.25) is 0 Å². The fourth-order valence-corrected chi connectivity index (χ4v) is 2.25. The van der Waals surface area contributed by atoms with Gasteiger partial charge in [0.25, 0.3) is 5.91 Å². The molecule has 126 valence electrons. The second-order valence-corrected chi connectivity index (χ2v) is 5.78. The monoisotopic (exact) mass is 392 g/mol. The smallest absolute Gasteiger partial charge is 0.277 e. The number of carbonyl (C=O) groups is 1. The van der Waals surface area contributed by atoms with Crippen LogP contribution in [0.15, 0.2) is 52.0 Å². The lowest BCUT2D eigenvalue weighted by Gasteiger charge is -2.08. The van der Waals surface area contributed by atoms with Gasteiger partial charge in [-0.2, -0.15) is 5.10 Å². The number of hydrazone groups is 1. The van der Waals surface area contributed by atoms with Gasteiger partial charge in [0.15, 0.2) is 6.61 Å². The van der Waals surface area contributed by atoms with Crippen molar-refractivity contribution in [1.29, 1.82) is 0 Å². The predicted octanol–water partition coefficient (Wildman–Crippen LogP) is 3.08. The van der Waals surface area contributed by atoms with Gasteiger partial charge in [0.05, 0.1) is 12.8 Å². The van der Waals surface area contributed by atoms with Crippen molar-refractivity contribution in [3.8, 4) is 17.2 Å². The molecule has 0 heterocycles. The summed E-state index contributed by atoms with van der Waals surface area (Å²) in [6.07, 6.45) is 0. The molecule has 0 aliphatic heterocycles. The molecule has 0 aromatic heterocycles. The fraction of sp³-hybridized carbons (Fsp3) is 0.176. The van der Waals surface area contributed by atoms with Crippen molar-refractivity contribution in [2.24, 2.45) is 5.10 Å². The number of nitrogens with zero attached hydrogens (tertiary/aromatic N) is 1. The Labute approximate surface area is 148 Å². The molecule has 6 nitrogen and oxygen atoms in total. The van der Waals surface area contributed by atoms with Gasteiger partial charge in [-0.3, -0.25) is 4.79 Å². The number of ether oxygens (including phenoxy) is 2. The maximum Gasteiger partial charge on any atom is 0.277 e. The summed E-state index contributed by atoms with van der Waals surface area (Å²) in [4.78, 5) is 11.8. The molecule has 0 saturated carbocycles. The Hall–Kier alpha value is -2.54. The van der Waals surface area contributed by atoms with E-state index < -0.39 is 5.91 Å². The maximum absolute atomic E-state index is 11.8. The van der Waals surface area contributed by atoms with E-state index >= 15 is 0 Å². The third-order valence-electron chi connectivity index (χ3n) is 3.11. The van der Waals surface area contributed by atoms with Crippen molar-refractivity contribution in [3.63, 3.8) is 0 Å². The number of hydrogen-bond donors (Lipinski definition) is 2. The minimum Gasteiger partial charge on any atom is -0.507 e. The summed E-state index contributed by atoms with van der Waals surface area (Å²) in [6.45, 7) is 1.50. The molecule has 0 aliphatic carbocycles. The summed E-state index contributed by atoms with van der Waals surface area (Å²) in [5, 5.41) is 13.8. The number of rotatable bonds is 6. The average molecular weight is 393 g/mol. The molecule has 0 unspecified atom stereocenters. The molecular formula is C17H17BrN2O4. The molecular weight excluding hydrogens is 376 g/mol. The Kier molecular flexibility index (Phi) is 6.20. The zero-order valence-corrected chi connectivity index (χ0v) is 14.8. The summed E-state index contributed by atoms with van der Waals surface area (Å²) < 4.78 is 11.3. The Bertz CT molecular complexity index is 762. The Morgan fingerprint density at radius 1 is 1.25 bits per heavy atom. The van der Waals surface area contributed by atoms with Crippen molar-refractivity contribution in [2.75, 3.05) is 13.7 Å². The van der Waals surface area contributed by atoms with Crippen LogP contribution in [-0.4, -0.2) is 30.4 Å². The fourth-order valence-electron chi connectivity index (χ4n) is 1.88.